The molecule has 2 aromatic rings. The Morgan fingerprint density at radius 2 is 1.84 bits per heavy atom. The van der Waals surface area contributed by atoms with Gasteiger partial charge in [-0.15, -0.1) is 12.4 Å². The number of halogens is 1. The van der Waals surface area contributed by atoms with E-state index in [9.17, 15) is 0 Å². The van der Waals surface area contributed by atoms with Crippen molar-refractivity contribution in [1.29, 1.82) is 0 Å². The summed E-state index contributed by atoms with van der Waals surface area (Å²) >= 11 is 0. The molecule has 2 heterocycles. The van der Waals surface area contributed by atoms with Gasteiger partial charge in [0.15, 0.2) is 0 Å². The van der Waals surface area contributed by atoms with Gasteiger partial charge in [0.05, 0.1) is 5.69 Å². The van der Waals surface area contributed by atoms with E-state index in [-0.39, 0.29) is 12.4 Å². The molecule has 1 saturated heterocycles. The number of likely N-dealkylation sites (tertiary alicyclic amines) is 1. The van der Waals surface area contributed by atoms with Crippen molar-refractivity contribution < 1.29 is 0 Å². The summed E-state index contributed by atoms with van der Waals surface area (Å²) in [6, 6.07) is 10.9. The first-order valence-electron chi connectivity index (χ1n) is 9.18. The number of nitrogens with zero attached hydrogens (tertiary/aromatic N) is 3. The van der Waals surface area contributed by atoms with Crippen molar-refractivity contribution in [2.75, 3.05) is 19.6 Å². The maximum absolute atomic E-state index is 6.09. The third-order valence-corrected chi connectivity index (χ3v) is 5.46. The Morgan fingerprint density at radius 3 is 2.44 bits per heavy atom. The van der Waals surface area contributed by atoms with Crippen LogP contribution in [0.2, 0.25) is 0 Å². The van der Waals surface area contributed by atoms with E-state index in [1.54, 1.807) is 0 Å². The Kier molecular flexibility index (Phi) is 7.05. The van der Waals surface area contributed by atoms with E-state index >= 15 is 0 Å². The van der Waals surface area contributed by atoms with Crippen molar-refractivity contribution in [2.24, 2.45) is 18.7 Å². The first kappa shape index (κ1) is 20.0. The first-order chi connectivity index (χ1) is 11.7. The van der Waals surface area contributed by atoms with Crippen LogP contribution >= 0.6 is 12.4 Å². The number of hydrogen-bond donors (Lipinski definition) is 1. The molecule has 1 fully saturated rings. The fourth-order valence-corrected chi connectivity index (χ4v) is 4.20. The molecule has 0 radical (unpaired) electrons. The van der Waals surface area contributed by atoms with Gasteiger partial charge in [-0.05, 0) is 30.9 Å². The third kappa shape index (κ3) is 4.08. The zero-order valence-corrected chi connectivity index (χ0v) is 16.4. The topological polar surface area (TPSA) is 47.1 Å². The number of aryl methyl sites for hydroxylation is 2. The lowest BCUT2D eigenvalue weighted by Crippen LogP contribution is -2.23. The van der Waals surface area contributed by atoms with Crippen LogP contribution in [0.5, 0.6) is 0 Å². The van der Waals surface area contributed by atoms with Crippen molar-refractivity contribution in [3.63, 3.8) is 0 Å². The van der Waals surface area contributed by atoms with Crippen molar-refractivity contribution in [2.45, 2.75) is 39.2 Å². The van der Waals surface area contributed by atoms with Gasteiger partial charge in [-0.1, -0.05) is 44.2 Å². The van der Waals surface area contributed by atoms with E-state index in [1.165, 1.54) is 22.5 Å². The van der Waals surface area contributed by atoms with Crippen LogP contribution in [0.3, 0.4) is 0 Å². The van der Waals surface area contributed by atoms with Gasteiger partial charge in [-0.3, -0.25) is 9.58 Å². The summed E-state index contributed by atoms with van der Waals surface area (Å²) in [4.78, 5) is 2.57. The quantitative estimate of drug-likeness (QED) is 0.858. The molecule has 0 unspecified atom stereocenters. The lowest BCUT2D eigenvalue weighted by Gasteiger charge is -2.17. The largest absolute Gasteiger partial charge is 0.330 e. The average molecular weight is 363 g/mol. The summed E-state index contributed by atoms with van der Waals surface area (Å²) in [5, 5.41) is 4.72. The van der Waals surface area contributed by atoms with E-state index in [2.05, 4.69) is 60.8 Å². The van der Waals surface area contributed by atoms with Crippen molar-refractivity contribution in [3.05, 3.63) is 52.8 Å². The predicted octanol–water partition coefficient (Wildman–Crippen LogP) is 3.14. The first-order valence-corrected chi connectivity index (χ1v) is 9.18. The van der Waals surface area contributed by atoms with E-state index < -0.39 is 0 Å². The molecular formula is C20H31ClN4. The Balaban J connectivity index is 0.00000225. The second-order valence-electron chi connectivity index (χ2n) is 6.91. The highest BCUT2D eigenvalue weighted by Crippen LogP contribution is 2.33. The molecule has 1 aliphatic heterocycles. The van der Waals surface area contributed by atoms with Crippen LogP contribution in [-0.4, -0.2) is 34.3 Å². The monoisotopic (exact) mass is 362 g/mol. The molecule has 0 saturated carbocycles. The molecule has 0 bridgehead atoms. The van der Waals surface area contributed by atoms with Gasteiger partial charge in [-0.2, -0.15) is 5.10 Å². The highest BCUT2D eigenvalue weighted by atomic mass is 35.5. The van der Waals surface area contributed by atoms with Gasteiger partial charge in [0.2, 0.25) is 0 Å². The van der Waals surface area contributed by atoms with Crippen LogP contribution in [0, 0.1) is 5.92 Å². The maximum atomic E-state index is 6.09. The minimum Gasteiger partial charge on any atom is -0.330 e. The second kappa shape index (κ2) is 8.84. The van der Waals surface area contributed by atoms with Gasteiger partial charge in [0.25, 0.3) is 0 Å². The van der Waals surface area contributed by atoms with Crippen LogP contribution in [0.15, 0.2) is 30.3 Å². The van der Waals surface area contributed by atoms with Gasteiger partial charge in [0, 0.05) is 43.9 Å². The van der Waals surface area contributed by atoms with E-state index in [0.717, 1.165) is 39.0 Å². The molecule has 5 heteroatoms. The van der Waals surface area contributed by atoms with Crippen molar-refractivity contribution >= 4 is 12.4 Å². The molecule has 2 atom stereocenters. The molecular weight excluding hydrogens is 332 g/mol. The number of rotatable bonds is 6. The molecule has 1 aliphatic rings. The normalized spacial score (nSPS) is 20.6. The molecule has 4 nitrogen and oxygen atoms in total. The number of benzene rings is 1. The van der Waals surface area contributed by atoms with Gasteiger partial charge in [-0.25, -0.2) is 0 Å². The molecule has 0 amide bonds. The van der Waals surface area contributed by atoms with Crippen LogP contribution in [0.25, 0.3) is 0 Å². The van der Waals surface area contributed by atoms with Gasteiger partial charge >= 0.3 is 0 Å². The van der Waals surface area contributed by atoms with E-state index in [4.69, 9.17) is 10.8 Å². The van der Waals surface area contributed by atoms with Crippen molar-refractivity contribution in [1.82, 2.24) is 14.7 Å². The standard InChI is InChI=1S/C20H30N4.ClH/c1-4-19-18(20(5-2)23(3)22-19)14-24-12-16(11-21)17(13-24)15-9-7-6-8-10-15;/h6-10,16-17H,4-5,11-14,21H2,1-3H3;1H/t16-,17+;/m1./s1. The Hall–Kier alpha value is -1.36. The summed E-state index contributed by atoms with van der Waals surface area (Å²) in [5.74, 6) is 1.09. The molecule has 1 aromatic carbocycles. The van der Waals surface area contributed by atoms with Crippen molar-refractivity contribution in [3.8, 4) is 0 Å². The van der Waals surface area contributed by atoms with Crippen LogP contribution in [0.4, 0.5) is 0 Å². The summed E-state index contributed by atoms with van der Waals surface area (Å²) in [5.41, 5.74) is 11.6. The highest BCUT2D eigenvalue weighted by Gasteiger charge is 2.33. The molecule has 0 aliphatic carbocycles. The fourth-order valence-electron chi connectivity index (χ4n) is 4.20. The highest BCUT2D eigenvalue weighted by molar-refractivity contribution is 5.85. The lowest BCUT2D eigenvalue weighted by molar-refractivity contribution is 0.315. The Morgan fingerprint density at radius 1 is 1.12 bits per heavy atom. The minimum atomic E-state index is 0. The van der Waals surface area contributed by atoms with Crippen LogP contribution < -0.4 is 5.73 Å². The molecule has 2 N–H and O–H groups in total. The minimum absolute atomic E-state index is 0. The Labute approximate surface area is 157 Å². The van der Waals surface area contributed by atoms with Crippen LogP contribution in [-0.2, 0) is 26.4 Å². The molecule has 0 spiro atoms. The maximum Gasteiger partial charge on any atom is 0.0669 e. The predicted molar refractivity (Wildman–Crippen MR) is 106 cm³/mol. The molecule has 138 valence electrons. The SMILES string of the molecule is CCc1nn(C)c(CC)c1CN1C[C@@H](CN)[C@H](c2ccccc2)C1.Cl. The van der Waals surface area contributed by atoms with E-state index in [1.807, 2.05) is 0 Å². The molecule has 25 heavy (non-hydrogen) atoms. The fraction of sp³-hybridized carbons (Fsp3) is 0.550. The second-order valence-corrected chi connectivity index (χ2v) is 6.91. The smallest absolute Gasteiger partial charge is 0.0669 e. The number of nitrogens with two attached hydrogens (primary N) is 1. The van der Waals surface area contributed by atoms with Crippen LogP contribution in [0.1, 0.15) is 42.3 Å². The van der Waals surface area contributed by atoms with Gasteiger partial charge < -0.3 is 5.73 Å². The zero-order valence-electron chi connectivity index (χ0n) is 15.6. The summed E-state index contributed by atoms with van der Waals surface area (Å²) in [7, 11) is 2.07. The molecule has 1 aromatic heterocycles. The number of aromatic nitrogens is 2. The summed E-state index contributed by atoms with van der Waals surface area (Å²) in [6.07, 6.45) is 2.04. The average Bonchev–Trinajstić information content (AvgIpc) is 3.16. The Bertz CT molecular complexity index is 668. The third-order valence-electron chi connectivity index (χ3n) is 5.46. The lowest BCUT2D eigenvalue weighted by atomic mass is 9.89. The summed E-state index contributed by atoms with van der Waals surface area (Å²) in [6.45, 7) is 8.35. The van der Waals surface area contributed by atoms with E-state index in [0.29, 0.717) is 11.8 Å². The molecule has 3 rings (SSSR count). The zero-order chi connectivity index (χ0) is 17.1. The summed E-state index contributed by atoms with van der Waals surface area (Å²) < 4.78 is 2.07. The number of hydrogen-bond acceptors (Lipinski definition) is 3. The van der Waals surface area contributed by atoms with Gasteiger partial charge in [0.1, 0.15) is 0 Å².